The van der Waals surface area contributed by atoms with E-state index < -0.39 is 5.82 Å². The minimum atomic E-state index is -0.422. The van der Waals surface area contributed by atoms with E-state index in [0.29, 0.717) is 0 Å². The monoisotopic (exact) mass is 320 g/mol. The molecule has 2 atom stereocenters. The van der Waals surface area contributed by atoms with Gasteiger partial charge < -0.3 is 15.4 Å². The molecule has 0 bridgehead atoms. The first-order chi connectivity index (χ1) is 11.0. The van der Waals surface area contributed by atoms with E-state index in [1.807, 2.05) is 20.2 Å². The maximum atomic E-state index is 13.4. The number of carbonyl (C=O) groups excluding carboxylic acids is 1. The molecule has 0 fully saturated rings. The zero-order valence-corrected chi connectivity index (χ0v) is 13.4. The third kappa shape index (κ3) is 4.98. The minimum Gasteiger partial charge on any atom is -0.488 e. The summed E-state index contributed by atoms with van der Waals surface area (Å²) in [5.74, 6) is -0.250. The molecule has 0 aliphatic heterocycles. The second kappa shape index (κ2) is 7.62. The predicted molar refractivity (Wildman–Crippen MR) is 84.6 cm³/mol. The van der Waals surface area contributed by atoms with Crippen LogP contribution in [0.15, 0.2) is 36.7 Å². The molecular weight excluding hydrogens is 299 g/mol. The molecule has 0 unspecified atom stereocenters. The van der Waals surface area contributed by atoms with Crippen LogP contribution in [0, 0.1) is 5.82 Å². The van der Waals surface area contributed by atoms with E-state index in [9.17, 15) is 9.18 Å². The van der Waals surface area contributed by atoms with Crippen LogP contribution in [0.25, 0.3) is 0 Å². The van der Waals surface area contributed by atoms with Gasteiger partial charge in [-0.2, -0.15) is 5.10 Å². The van der Waals surface area contributed by atoms with E-state index in [1.165, 1.54) is 6.07 Å². The van der Waals surface area contributed by atoms with Gasteiger partial charge in [-0.25, -0.2) is 9.18 Å². The smallest absolute Gasteiger partial charge is 0.315 e. The Bertz CT molecular complexity index is 659. The zero-order chi connectivity index (χ0) is 16.8. The van der Waals surface area contributed by atoms with Crippen LogP contribution in [-0.4, -0.2) is 28.5 Å². The van der Waals surface area contributed by atoms with Crippen LogP contribution >= 0.6 is 0 Å². The maximum absolute atomic E-state index is 13.4. The van der Waals surface area contributed by atoms with Crippen LogP contribution in [0.4, 0.5) is 9.18 Å². The summed E-state index contributed by atoms with van der Waals surface area (Å²) >= 11 is 0. The lowest BCUT2D eigenvalue weighted by atomic mass is 10.2. The number of aryl methyl sites for hydroxylation is 1. The van der Waals surface area contributed by atoms with Crippen molar-refractivity contribution in [2.75, 3.05) is 6.61 Å². The molecule has 124 valence electrons. The lowest BCUT2D eigenvalue weighted by Crippen LogP contribution is -2.44. The fourth-order valence-corrected chi connectivity index (χ4v) is 2.03. The number of ether oxygens (including phenoxy) is 1. The zero-order valence-electron chi connectivity index (χ0n) is 13.4. The molecule has 2 rings (SSSR count). The van der Waals surface area contributed by atoms with Crippen molar-refractivity contribution in [3.05, 3.63) is 48.0 Å². The SMILES string of the molecule is C[C@H](NC(=O)N[C@@H](C)COc1ccccc1F)c1cnn(C)c1. The van der Waals surface area contributed by atoms with Crippen LogP contribution in [-0.2, 0) is 7.05 Å². The Kier molecular flexibility index (Phi) is 5.56. The van der Waals surface area contributed by atoms with Gasteiger partial charge in [-0.05, 0) is 26.0 Å². The molecule has 2 amide bonds. The van der Waals surface area contributed by atoms with Crippen molar-refractivity contribution >= 4 is 6.03 Å². The lowest BCUT2D eigenvalue weighted by Gasteiger charge is -2.18. The van der Waals surface area contributed by atoms with Crippen molar-refractivity contribution in [2.24, 2.45) is 7.05 Å². The summed E-state index contributed by atoms with van der Waals surface area (Å²) in [6, 6.07) is 5.42. The van der Waals surface area contributed by atoms with Crippen LogP contribution in [0.5, 0.6) is 5.75 Å². The fourth-order valence-electron chi connectivity index (χ4n) is 2.03. The Hall–Kier alpha value is -2.57. The molecule has 2 aromatic rings. The minimum absolute atomic E-state index is 0.164. The van der Waals surface area contributed by atoms with Crippen molar-refractivity contribution in [3.63, 3.8) is 0 Å². The molecular formula is C16H21FN4O2. The van der Waals surface area contributed by atoms with Gasteiger partial charge in [0.2, 0.25) is 0 Å². The molecule has 0 spiro atoms. The van der Waals surface area contributed by atoms with Crippen LogP contribution in [0.2, 0.25) is 0 Å². The standard InChI is InChI=1S/C16H21FN4O2/c1-11(10-23-15-7-5-4-6-14(15)17)19-16(22)20-12(2)13-8-18-21(3)9-13/h4-9,11-12H,10H2,1-3H3,(H2,19,20,22)/t11-,12-/m0/s1. The highest BCUT2D eigenvalue weighted by molar-refractivity contribution is 5.74. The molecule has 0 aliphatic carbocycles. The van der Waals surface area contributed by atoms with Crippen LogP contribution in [0.1, 0.15) is 25.5 Å². The van der Waals surface area contributed by atoms with Crippen molar-refractivity contribution in [1.82, 2.24) is 20.4 Å². The number of benzene rings is 1. The highest BCUT2D eigenvalue weighted by Crippen LogP contribution is 2.15. The molecule has 6 nitrogen and oxygen atoms in total. The number of halogens is 1. The second-order valence-electron chi connectivity index (χ2n) is 5.43. The number of para-hydroxylation sites is 1. The van der Waals surface area contributed by atoms with Gasteiger partial charge in [-0.3, -0.25) is 4.68 Å². The number of nitrogens with zero attached hydrogens (tertiary/aromatic N) is 2. The molecule has 0 saturated heterocycles. The third-order valence-corrected chi connectivity index (χ3v) is 3.28. The van der Waals surface area contributed by atoms with E-state index >= 15 is 0 Å². The molecule has 0 radical (unpaired) electrons. The summed E-state index contributed by atoms with van der Waals surface area (Å²) in [6.07, 6.45) is 3.55. The van der Waals surface area contributed by atoms with Gasteiger partial charge in [-0.1, -0.05) is 12.1 Å². The Morgan fingerprint density at radius 3 is 2.74 bits per heavy atom. The Labute approximate surface area is 134 Å². The van der Waals surface area contributed by atoms with Gasteiger partial charge in [0.1, 0.15) is 6.61 Å². The van der Waals surface area contributed by atoms with Crippen LogP contribution < -0.4 is 15.4 Å². The van der Waals surface area contributed by atoms with E-state index in [1.54, 1.807) is 36.0 Å². The van der Waals surface area contributed by atoms with Crippen LogP contribution in [0.3, 0.4) is 0 Å². The number of amides is 2. The summed E-state index contributed by atoms with van der Waals surface area (Å²) in [7, 11) is 1.82. The first-order valence-electron chi connectivity index (χ1n) is 7.38. The summed E-state index contributed by atoms with van der Waals surface area (Å²) in [6.45, 7) is 3.84. The lowest BCUT2D eigenvalue weighted by molar-refractivity contribution is 0.222. The third-order valence-electron chi connectivity index (χ3n) is 3.28. The largest absolute Gasteiger partial charge is 0.488 e. The van der Waals surface area contributed by atoms with E-state index in [0.717, 1.165) is 5.56 Å². The number of rotatable bonds is 6. The number of nitrogens with one attached hydrogen (secondary N) is 2. The Morgan fingerprint density at radius 2 is 2.09 bits per heavy atom. The molecule has 23 heavy (non-hydrogen) atoms. The Morgan fingerprint density at radius 1 is 1.35 bits per heavy atom. The molecule has 1 aromatic carbocycles. The Balaban J connectivity index is 1.77. The van der Waals surface area contributed by atoms with Gasteiger partial charge >= 0.3 is 6.03 Å². The molecule has 1 heterocycles. The molecule has 7 heteroatoms. The second-order valence-corrected chi connectivity index (χ2v) is 5.43. The summed E-state index contributed by atoms with van der Waals surface area (Å²) in [5.41, 5.74) is 0.915. The van der Waals surface area contributed by atoms with Gasteiger partial charge in [-0.15, -0.1) is 0 Å². The number of hydrogen-bond donors (Lipinski definition) is 2. The van der Waals surface area contributed by atoms with E-state index in [-0.39, 0.29) is 30.5 Å². The van der Waals surface area contributed by atoms with Crippen molar-refractivity contribution < 1.29 is 13.9 Å². The summed E-state index contributed by atoms with van der Waals surface area (Å²) in [5, 5.41) is 9.64. The van der Waals surface area contributed by atoms with Gasteiger partial charge in [0.15, 0.2) is 11.6 Å². The van der Waals surface area contributed by atoms with Crippen molar-refractivity contribution in [2.45, 2.75) is 25.9 Å². The van der Waals surface area contributed by atoms with Gasteiger partial charge in [0.25, 0.3) is 0 Å². The topological polar surface area (TPSA) is 68.2 Å². The molecule has 2 N–H and O–H groups in total. The highest BCUT2D eigenvalue weighted by atomic mass is 19.1. The highest BCUT2D eigenvalue weighted by Gasteiger charge is 2.13. The molecule has 0 aliphatic rings. The van der Waals surface area contributed by atoms with Gasteiger partial charge in [0.05, 0.1) is 18.3 Å². The van der Waals surface area contributed by atoms with E-state index in [2.05, 4.69) is 15.7 Å². The summed E-state index contributed by atoms with van der Waals surface area (Å²) in [4.78, 5) is 11.9. The first-order valence-corrected chi connectivity index (χ1v) is 7.38. The van der Waals surface area contributed by atoms with Crippen molar-refractivity contribution in [3.8, 4) is 5.75 Å². The van der Waals surface area contributed by atoms with E-state index in [4.69, 9.17) is 4.74 Å². The number of hydrogen-bond acceptors (Lipinski definition) is 3. The normalized spacial score (nSPS) is 13.2. The first kappa shape index (κ1) is 16.8. The average Bonchev–Trinajstić information content (AvgIpc) is 2.93. The summed E-state index contributed by atoms with van der Waals surface area (Å²) < 4.78 is 20.5. The predicted octanol–water partition coefficient (Wildman–Crippen LogP) is 2.39. The average molecular weight is 320 g/mol. The molecule has 0 saturated carbocycles. The number of aromatic nitrogens is 2. The number of carbonyl (C=O) groups is 1. The number of urea groups is 1. The molecule has 1 aromatic heterocycles. The fraction of sp³-hybridized carbons (Fsp3) is 0.375. The van der Waals surface area contributed by atoms with Gasteiger partial charge in [0, 0.05) is 18.8 Å². The quantitative estimate of drug-likeness (QED) is 0.859. The van der Waals surface area contributed by atoms with Crippen molar-refractivity contribution in [1.29, 1.82) is 0 Å². The maximum Gasteiger partial charge on any atom is 0.315 e.